The highest BCUT2D eigenvalue weighted by molar-refractivity contribution is 8.00. The number of nitrogens with one attached hydrogen (secondary N) is 1. The topological polar surface area (TPSA) is 49.4 Å². The summed E-state index contributed by atoms with van der Waals surface area (Å²) in [6.45, 7) is 8.99. The zero-order valence-corrected chi connectivity index (χ0v) is 17.3. The molecule has 1 heterocycles. The van der Waals surface area contributed by atoms with Crippen LogP contribution in [-0.4, -0.2) is 40.4 Å². The molecule has 1 aromatic rings. The van der Waals surface area contributed by atoms with Gasteiger partial charge in [-0.2, -0.15) is 0 Å². The first kappa shape index (κ1) is 20.8. The van der Waals surface area contributed by atoms with Crippen LogP contribution in [0.2, 0.25) is 0 Å². The van der Waals surface area contributed by atoms with Crippen LogP contribution in [0.5, 0.6) is 0 Å². The number of rotatable bonds is 8. The summed E-state index contributed by atoms with van der Waals surface area (Å²) in [6.07, 6.45) is 4.35. The van der Waals surface area contributed by atoms with Crippen LogP contribution in [0, 0.1) is 12.8 Å². The maximum absolute atomic E-state index is 13.2. The molecule has 1 aliphatic rings. The van der Waals surface area contributed by atoms with Crippen molar-refractivity contribution in [2.24, 2.45) is 5.92 Å². The van der Waals surface area contributed by atoms with Gasteiger partial charge in [-0.1, -0.05) is 57.7 Å². The van der Waals surface area contributed by atoms with Gasteiger partial charge in [0.2, 0.25) is 5.91 Å². The number of carbonyl (C=O) groups is 2. The third kappa shape index (κ3) is 5.50. The zero-order valence-electron chi connectivity index (χ0n) is 16.5. The Balaban J connectivity index is 2.17. The van der Waals surface area contributed by atoms with Crippen LogP contribution in [0.1, 0.15) is 62.4 Å². The van der Waals surface area contributed by atoms with E-state index in [1.54, 1.807) is 11.8 Å². The van der Waals surface area contributed by atoms with Crippen LogP contribution in [0.3, 0.4) is 0 Å². The molecule has 0 aliphatic carbocycles. The van der Waals surface area contributed by atoms with E-state index in [-0.39, 0.29) is 23.2 Å². The third-order valence-corrected chi connectivity index (χ3v) is 6.02. The quantitative estimate of drug-likeness (QED) is 0.691. The summed E-state index contributed by atoms with van der Waals surface area (Å²) < 4.78 is 0. The number of unbranched alkanes of at least 4 members (excludes halogenated alkanes) is 2. The summed E-state index contributed by atoms with van der Waals surface area (Å²) in [5.74, 6) is 1.03. The second-order valence-electron chi connectivity index (χ2n) is 7.52. The summed E-state index contributed by atoms with van der Waals surface area (Å²) >= 11 is 1.74. The Hall–Kier alpha value is -1.49. The van der Waals surface area contributed by atoms with Gasteiger partial charge in [-0.25, -0.2) is 0 Å². The molecule has 0 saturated carbocycles. The fraction of sp³-hybridized carbons (Fsp3) is 0.619. The Morgan fingerprint density at radius 2 is 1.92 bits per heavy atom. The lowest BCUT2D eigenvalue weighted by Gasteiger charge is -2.29. The summed E-state index contributed by atoms with van der Waals surface area (Å²) in [7, 11) is 0. The van der Waals surface area contributed by atoms with E-state index >= 15 is 0 Å². The molecule has 2 atom stereocenters. The van der Waals surface area contributed by atoms with E-state index in [0.29, 0.717) is 23.8 Å². The van der Waals surface area contributed by atoms with Gasteiger partial charge in [0.1, 0.15) is 6.04 Å². The normalized spacial score (nSPS) is 19.8. The minimum absolute atomic E-state index is 0.0235. The van der Waals surface area contributed by atoms with Gasteiger partial charge in [0, 0.05) is 17.9 Å². The lowest BCUT2D eigenvalue weighted by atomic mass is 10.1. The van der Waals surface area contributed by atoms with Gasteiger partial charge in [0.05, 0.1) is 5.37 Å². The molecule has 2 unspecified atom stereocenters. The summed E-state index contributed by atoms with van der Waals surface area (Å²) in [5, 5.41) is 3.10. The highest BCUT2D eigenvalue weighted by atomic mass is 32.2. The molecule has 1 aliphatic heterocycles. The van der Waals surface area contributed by atoms with E-state index in [0.717, 1.165) is 31.2 Å². The molecule has 1 saturated heterocycles. The van der Waals surface area contributed by atoms with Crippen molar-refractivity contribution >= 4 is 23.6 Å². The number of carbonyl (C=O) groups excluding carboxylic acids is 2. The first-order chi connectivity index (χ1) is 12.4. The highest BCUT2D eigenvalue weighted by Gasteiger charge is 2.41. The van der Waals surface area contributed by atoms with E-state index in [2.05, 4.69) is 26.1 Å². The van der Waals surface area contributed by atoms with Crippen LogP contribution in [0.25, 0.3) is 0 Å². The fourth-order valence-electron chi connectivity index (χ4n) is 3.10. The minimum atomic E-state index is -0.376. The molecule has 2 amide bonds. The molecule has 144 valence electrons. The maximum Gasteiger partial charge on any atom is 0.255 e. The number of hydrogen-bond donors (Lipinski definition) is 1. The van der Waals surface area contributed by atoms with Crippen molar-refractivity contribution in [3.05, 3.63) is 35.4 Å². The van der Waals surface area contributed by atoms with Crippen LogP contribution in [0.15, 0.2) is 24.3 Å². The van der Waals surface area contributed by atoms with Gasteiger partial charge in [-0.05, 0) is 31.4 Å². The largest absolute Gasteiger partial charge is 0.354 e. The summed E-state index contributed by atoms with van der Waals surface area (Å²) in [5.41, 5.74) is 1.79. The average molecular weight is 377 g/mol. The Morgan fingerprint density at radius 3 is 2.54 bits per heavy atom. The molecule has 0 radical (unpaired) electrons. The summed E-state index contributed by atoms with van der Waals surface area (Å²) in [4.78, 5) is 27.7. The second kappa shape index (κ2) is 10.0. The Kier molecular flexibility index (Phi) is 8.01. The highest BCUT2D eigenvalue weighted by Crippen LogP contribution is 2.34. The van der Waals surface area contributed by atoms with Gasteiger partial charge in [-0.3, -0.25) is 9.59 Å². The van der Waals surface area contributed by atoms with Crippen LogP contribution in [0.4, 0.5) is 0 Å². The Bertz CT molecular complexity index is 601. The number of thioether (sulfide) groups is 1. The number of nitrogens with zero attached hydrogens (tertiary/aromatic N) is 1. The first-order valence-corrected chi connectivity index (χ1v) is 10.8. The fourth-order valence-corrected chi connectivity index (χ4v) is 4.55. The van der Waals surface area contributed by atoms with E-state index in [1.807, 2.05) is 36.1 Å². The third-order valence-electron chi connectivity index (χ3n) is 4.67. The molecule has 5 heteroatoms. The SMILES string of the molecule is CCCCCC1SCC(C(=O)NCC(C)C)N1C(=O)c1ccc(C)cc1. The molecule has 2 rings (SSSR count). The van der Waals surface area contributed by atoms with Gasteiger partial charge < -0.3 is 10.2 Å². The van der Waals surface area contributed by atoms with Crippen molar-refractivity contribution < 1.29 is 9.59 Å². The van der Waals surface area contributed by atoms with Crippen LogP contribution >= 0.6 is 11.8 Å². The lowest BCUT2D eigenvalue weighted by molar-refractivity contribution is -0.125. The first-order valence-electron chi connectivity index (χ1n) is 9.72. The van der Waals surface area contributed by atoms with Crippen molar-refractivity contribution in [2.45, 2.75) is 64.8 Å². The van der Waals surface area contributed by atoms with Crippen molar-refractivity contribution in [1.29, 1.82) is 0 Å². The monoisotopic (exact) mass is 376 g/mol. The van der Waals surface area contributed by atoms with Gasteiger partial charge in [-0.15, -0.1) is 11.8 Å². The number of benzene rings is 1. The number of hydrogen-bond acceptors (Lipinski definition) is 3. The molecular weight excluding hydrogens is 344 g/mol. The molecule has 0 aromatic heterocycles. The lowest BCUT2D eigenvalue weighted by Crippen LogP contribution is -2.50. The number of aryl methyl sites for hydroxylation is 1. The number of amides is 2. The standard InChI is InChI=1S/C21H32N2O2S/c1-5-6-7-8-19-23(21(25)17-11-9-16(4)10-12-17)18(14-26-19)20(24)22-13-15(2)3/h9-12,15,18-19H,5-8,13-14H2,1-4H3,(H,22,24). The Morgan fingerprint density at radius 1 is 1.23 bits per heavy atom. The van der Waals surface area contributed by atoms with E-state index in [1.165, 1.54) is 0 Å². The van der Waals surface area contributed by atoms with Crippen LogP contribution in [-0.2, 0) is 4.79 Å². The van der Waals surface area contributed by atoms with E-state index in [9.17, 15) is 9.59 Å². The Labute approximate surface area is 162 Å². The smallest absolute Gasteiger partial charge is 0.255 e. The maximum atomic E-state index is 13.2. The molecule has 4 nitrogen and oxygen atoms in total. The summed E-state index contributed by atoms with van der Waals surface area (Å²) in [6, 6.07) is 7.27. The van der Waals surface area contributed by atoms with Crippen molar-refractivity contribution in [1.82, 2.24) is 10.2 Å². The van der Waals surface area contributed by atoms with Crippen molar-refractivity contribution in [3.63, 3.8) is 0 Å². The van der Waals surface area contributed by atoms with E-state index in [4.69, 9.17) is 0 Å². The molecular formula is C21H32N2O2S. The minimum Gasteiger partial charge on any atom is -0.354 e. The van der Waals surface area contributed by atoms with Crippen LogP contribution < -0.4 is 5.32 Å². The molecule has 26 heavy (non-hydrogen) atoms. The molecule has 0 bridgehead atoms. The molecule has 1 fully saturated rings. The van der Waals surface area contributed by atoms with E-state index < -0.39 is 0 Å². The van der Waals surface area contributed by atoms with Gasteiger partial charge in [0.25, 0.3) is 5.91 Å². The average Bonchev–Trinajstić information content (AvgIpc) is 3.04. The van der Waals surface area contributed by atoms with Gasteiger partial charge in [0.15, 0.2) is 0 Å². The molecule has 0 spiro atoms. The van der Waals surface area contributed by atoms with Crippen molar-refractivity contribution in [2.75, 3.05) is 12.3 Å². The predicted molar refractivity (Wildman–Crippen MR) is 109 cm³/mol. The molecule has 1 N–H and O–H groups in total. The predicted octanol–water partition coefficient (Wildman–Crippen LogP) is 4.23. The second-order valence-corrected chi connectivity index (χ2v) is 8.73. The van der Waals surface area contributed by atoms with Gasteiger partial charge >= 0.3 is 0 Å². The molecule has 1 aromatic carbocycles. The zero-order chi connectivity index (χ0) is 19.1. The van der Waals surface area contributed by atoms with Crippen molar-refractivity contribution in [3.8, 4) is 0 Å².